The van der Waals surface area contributed by atoms with E-state index in [9.17, 15) is 9.59 Å². The quantitative estimate of drug-likeness (QED) is 0.574. The first-order valence-corrected chi connectivity index (χ1v) is 9.34. The Morgan fingerprint density at radius 2 is 2.14 bits per heavy atom. The van der Waals surface area contributed by atoms with Gasteiger partial charge in [0.1, 0.15) is 11.9 Å². The van der Waals surface area contributed by atoms with Gasteiger partial charge in [-0.1, -0.05) is 18.2 Å². The molecule has 1 aliphatic rings. The van der Waals surface area contributed by atoms with Crippen LogP contribution in [0.5, 0.6) is 0 Å². The number of hydrogen-bond acceptors (Lipinski definition) is 5. The normalized spacial score (nSPS) is 16.4. The molecule has 1 unspecified atom stereocenters. The molecule has 0 spiro atoms. The average molecular weight is 418 g/mol. The molecule has 29 heavy (non-hydrogen) atoms. The topological polar surface area (TPSA) is 108 Å². The first kappa shape index (κ1) is 20.8. The van der Waals surface area contributed by atoms with Crippen LogP contribution in [-0.2, 0) is 11.8 Å². The van der Waals surface area contributed by atoms with Crippen molar-refractivity contribution in [1.29, 1.82) is 0 Å². The van der Waals surface area contributed by atoms with Gasteiger partial charge in [-0.25, -0.2) is 4.98 Å². The van der Waals surface area contributed by atoms with Crippen molar-refractivity contribution in [3.05, 3.63) is 48.2 Å². The number of fused-ring (bicyclic) bond motifs is 1. The zero-order chi connectivity index (χ0) is 19.5. The molecule has 1 atom stereocenters. The van der Waals surface area contributed by atoms with Crippen LogP contribution in [0.1, 0.15) is 28.8 Å². The van der Waals surface area contributed by atoms with Crippen molar-refractivity contribution in [2.45, 2.75) is 12.5 Å². The Kier molecular flexibility index (Phi) is 6.50. The minimum absolute atomic E-state index is 0. The molecular formula is C19H24ClN7O2. The van der Waals surface area contributed by atoms with Gasteiger partial charge in [-0.2, -0.15) is 5.10 Å². The number of aromatic amines is 1. The number of carbonyl (C=O) groups excluding carboxylic acids is 2. The lowest BCUT2D eigenvalue weighted by atomic mass is 10.1. The molecule has 2 amide bonds. The lowest BCUT2D eigenvalue weighted by Crippen LogP contribution is -2.50. The van der Waals surface area contributed by atoms with Crippen molar-refractivity contribution in [3.8, 4) is 0 Å². The summed E-state index contributed by atoms with van der Waals surface area (Å²) in [6.45, 7) is 2.30. The van der Waals surface area contributed by atoms with Crippen LogP contribution in [0.25, 0.3) is 10.9 Å². The highest BCUT2D eigenvalue weighted by Crippen LogP contribution is 2.21. The summed E-state index contributed by atoms with van der Waals surface area (Å²) in [5.74, 6) is 0.570. The minimum atomic E-state index is -0.286. The molecule has 9 nitrogen and oxygen atoms in total. The molecule has 2 aromatic heterocycles. The Hall–Kier alpha value is -2.91. The van der Waals surface area contributed by atoms with Gasteiger partial charge in [0.15, 0.2) is 5.69 Å². The van der Waals surface area contributed by atoms with E-state index in [0.717, 1.165) is 23.3 Å². The summed E-state index contributed by atoms with van der Waals surface area (Å²) in [6, 6.07) is 7.35. The van der Waals surface area contributed by atoms with Gasteiger partial charge in [0, 0.05) is 57.4 Å². The van der Waals surface area contributed by atoms with Crippen LogP contribution < -0.4 is 10.6 Å². The highest BCUT2D eigenvalue weighted by Gasteiger charge is 2.30. The van der Waals surface area contributed by atoms with Crippen LogP contribution in [0.4, 0.5) is 0 Å². The number of amides is 2. The molecule has 154 valence electrons. The maximum atomic E-state index is 12.8. The fourth-order valence-corrected chi connectivity index (χ4v) is 3.58. The number of carbonyl (C=O) groups is 2. The highest BCUT2D eigenvalue weighted by molar-refractivity contribution is 6.04. The van der Waals surface area contributed by atoms with Crippen LogP contribution in [0, 0.1) is 0 Å². The molecule has 1 aromatic carbocycles. The molecule has 3 aromatic rings. The van der Waals surface area contributed by atoms with E-state index in [0.29, 0.717) is 18.8 Å². The van der Waals surface area contributed by atoms with Crippen molar-refractivity contribution in [3.63, 3.8) is 0 Å². The van der Waals surface area contributed by atoms with E-state index in [4.69, 9.17) is 0 Å². The first-order valence-electron chi connectivity index (χ1n) is 9.34. The maximum Gasteiger partial charge on any atom is 0.272 e. The number of H-pyrrole nitrogens is 1. The third-order valence-electron chi connectivity index (χ3n) is 5.03. The molecule has 1 aliphatic heterocycles. The summed E-state index contributed by atoms with van der Waals surface area (Å²) >= 11 is 0. The van der Waals surface area contributed by atoms with E-state index in [-0.39, 0.29) is 43.2 Å². The smallest absolute Gasteiger partial charge is 0.272 e. The second-order valence-corrected chi connectivity index (χ2v) is 6.83. The molecule has 0 radical (unpaired) electrons. The second-order valence-electron chi connectivity index (χ2n) is 6.83. The van der Waals surface area contributed by atoms with Crippen LogP contribution >= 0.6 is 12.4 Å². The van der Waals surface area contributed by atoms with E-state index >= 15 is 0 Å². The number of aromatic nitrogens is 4. The highest BCUT2D eigenvalue weighted by atomic mass is 35.5. The number of nitrogens with one attached hydrogen (secondary N) is 3. The van der Waals surface area contributed by atoms with Gasteiger partial charge in [0.2, 0.25) is 5.91 Å². The van der Waals surface area contributed by atoms with E-state index in [1.807, 2.05) is 47.0 Å². The number of rotatable bonds is 5. The van der Waals surface area contributed by atoms with Gasteiger partial charge >= 0.3 is 0 Å². The van der Waals surface area contributed by atoms with Gasteiger partial charge in [0.25, 0.3) is 5.91 Å². The van der Waals surface area contributed by atoms with Crippen molar-refractivity contribution >= 4 is 35.1 Å². The maximum absolute atomic E-state index is 12.8. The first-order chi connectivity index (χ1) is 13.6. The Bertz CT molecular complexity index is 999. The van der Waals surface area contributed by atoms with Crippen molar-refractivity contribution in [2.75, 3.05) is 26.2 Å². The van der Waals surface area contributed by atoms with E-state index in [2.05, 4.69) is 25.8 Å². The molecular weight excluding hydrogens is 394 g/mol. The molecule has 10 heteroatoms. The fourth-order valence-electron chi connectivity index (χ4n) is 3.58. The van der Waals surface area contributed by atoms with E-state index < -0.39 is 0 Å². The minimum Gasteiger partial charge on any atom is -0.350 e. The number of piperazine rings is 1. The number of imidazole rings is 1. The van der Waals surface area contributed by atoms with E-state index in [1.54, 1.807) is 6.20 Å². The van der Waals surface area contributed by atoms with Gasteiger partial charge in [-0.05, 0) is 6.07 Å². The Morgan fingerprint density at radius 3 is 2.93 bits per heavy atom. The number of hydrogen-bond donors (Lipinski definition) is 3. The molecule has 1 saturated heterocycles. The van der Waals surface area contributed by atoms with Crippen LogP contribution in [0.15, 0.2) is 36.7 Å². The lowest BCUT2D eigenvalue weighted by Gasteiger charge is -2.35. The van der Waals surface area contributed by atoms with Crippen molar-refractivity contribution < 1.29 is 9.59 Å². The predicted octanol–water partition coefficient (Wildman–Crippen LogP) is 1.01. The molecule has 0 bridgehead atoms. The van der Waals surface area contributed by atoms with Gasteiger partial charge in [-0.15, -0.1) is 12.4 Å². The molecule has 0 aliphatic carbocycles. The zero-order valence-electron chi connectivity index (χ0n) is 16.1. The van der Waals surface area contributed by atoms with E-state index in [1.165, 1.54) is 0 Å². The van der Waals surface area contributed by atoms with Crippen LogP contribution in [-0.4, -0.2) is 62.6 Å². The zero-order valence-corrected chi connectivity index (χ0v) is 16.9. The van der Waals surface area contributed by atoms with Crippen LogP contribution in [0.2, 0.25) is 0 Å². The summed E-state index contributed by atoms with van der Waals surface area (Å²) in [5.41, 5.74) is 1.15. The molecule has 3 N–H and O–H groups in total. The molecule has 4 rings (SSSR count). The second kappa shape index (κ2) is 9.06. The van der Waals surface area contributed by atoms with Crippen molar-refractivity contribution in [1.82, 2.24) is 35.3 Å². The lowest BCUT2D eigenvalue weighted by molar-refractivity contribution is -0.134. The summed E-state index contributed by atoms with van der Waals surface area (Å²) in [7, 11) is 1.92. The largest absolute Gasteiger partial charge is 0.350 e. The molecule has 3 heterocycles. The number of aryl methyl sites for hydroxylation is 1. The number of benzene rings is 1. The standard InChI is InChI=1S/C19H23N7O2.ClH/c1-25-10-9-21-18(25)15-12-20-8-11-26(15)16(27)6-7-22-19(28)17-13-4-2-3-5-14(13)23-24-17;/h2-5,9-10,15,20H,6-8,11-12H2,1H3,(H,22,28)(H,23,24);1H. The van der Waals surface area contributed by atoms with Gasteiger partial charge in [0.05, 0.1) is 5.52 Å². The third-order valence-corrected chi connectivity index (χ3v) is 5.03. The number of halogens is 1. The Labute approximate surface area is 174 Å². The van der Waals surface area contributed by atoms with Crippen molar-refractivity contribution in [2.24, 2.45) is 7.05 Å². The Balaban J connectivity index is 0.00000240. The fraction of sp³-hybridized carbons (Fsp3) is 0.368. The summed E-state index contributed by atoms with van der Waals surface area (Å²) in [4.78, 5) is 31.4. The van der Waals surface area contributed by atoms with Crippen LogP contribution in [0.3, 0.4) is 0 Å². The SMILES string of the molecule is Cl.Cn1ccnc1C1CNCCN1C(=O)CCNC(=O)c1n[nH]c2ccccc12. The monoisotopic (exact) mass is 417 g/mol. The Morgan fingerprint density at radius 1 is 1.31 bits per heavy atom. The summed E-state index contributed by atoms with van der Waals surface area (Å²) in [6.07, 6.45) is 3.84. The third kappa shape index (κ3) is 4.25. The molecule has 1 fully saturated rings. The number of para-hydroxylation sites is 1. The molecule has 0 saturated carbocycles. The predicted molar refractivity (Wildman–Crippen MR) is 111 cm³/mol. The van der Waals surface area contributed by atoms with Gasteiger partial charge < -0.3 is 20.1 Å². The average Bonchev–Trinajstić information content (AvgIpc) is 3.34. The van der Waals surface area contributed by atoms with Gasteiger partial charge in [-0.3, -0.25) is 14.7 Å². The summed E-state index contributed by atoms with van der Waals surface area (Å²) < 4.78 is 1.93. The number of nitrogens with zero attached hydrogens (tertiary/aromatic N) is 4. The summed E-state index contributed by atoms with van der Waals surface area (Å²) in [5, 5.41) is 13.8.